The normalized spacial score (nSPS) is 13.6. The van der Waals surface area contributed by atoms with E-state index in [4.69, 9.17) is 19.9 Å². The highest BCUT2D eigenvalue weighted by atomic mass is 15.2. The molecular weight excluding hydrogens is 562 g/mol. The minimum Gasteiger partial charge on any atom is -0.278 e. The van der Waals surface area contributed by atoms with Crippen molar-refractivity contribution in [3.8, 4) is 28.3 Å². The number of benzene rings is 6. The number of nitrogens with zero attached hydrogens (tertiary/aromatic N) is 5. The molecule has 0 atom stereocenters. The minimum absolute atomic E-state index is 0.131. The number of hydrogen-bond acceptors (Lipinski definition) is 4. The van der Waals surface area contributed by atoms with E-state index in [1.165, 1.54) is 54.6 Å². The van der Waals surface area contributed by atoms with Gasteiger partial charge in [-0.1, -0.05) is 105 Å². The molecule has 0 spiro atoms. The Morgan fingerprint density at radius 3 is 2.20 bits per heavy atom. The maximum atomic E-state index is 5.35. The second-order valence-corrected chi connectivity index (χ2v) is 12.8. The molecule has 5 nitrogen and oxygen atoms in total. The lowest BCUT2D eigenvalue weighted by Crippen LogP contribution is -2.15. The summed E-state index contributed by atoms with van der Waals surface area (Å²) in [6.07, 6.45) is 3.43. The average Bonchev–Trinajstić information content (AvgIpc) is 3.54. The van der Waals surface area contributed by atoms with Crippen LogP contribution in [-0.2, 0) is 5.41 Å². The first-order valence-electron chi connectivity index (χ1n) is 15.6. The molecule has 10 rings (SSSR count). The summed E-state index contributed by atoms with van der Waals surface area (Å²) >= 11 is 0. The van der Waals surface area contributed by atoms with Crippen LogP contribution in [0.2, 0.25) is 0 Å². The molecule has 46 heavy (non-hydrogen) atoms. The second kappa shape index (κ2) is 9.05. The van der Waals surface area contributed by atoms with Gasteiger partial charge in [-0.25, -0.2) is 15.0 Å². The van der Waals surface area contributed by atoms with E-state index in [1.807, 2.05) is 0 Å². The standard InChI is InChI=1S/C41H27N5/c1-41(2)32-14-8-7-13-29(32)30-17-15-27(22-33(30)41)37-38-39(43-20-19-42-38)45-40(44-37)46-34-18-16-24-9-5-6-12-28(24)36(34)31-21-25-10-3-4-11-26(25)23-35(31)46/h3-23H,1-2H3. The lowest BCUT2D eigenvalue weighted by Gasteiger charge is -2.22. The maximum Gasteiger partial charge on any atom is 0.237 e. The van der Waals surface area contributed by atoms with Gasteiger partial charge < -0.3 is 0 Å². The highest BCUT2D eigenvalue weighted by molar-refractivity contribution is 6.23. The Morgan fingerprint density at radius 1 is 0.565 bits per heavy atom. The number of rotatable bonds is 2. The first-order valence-corrected chi connectivity index (χ1v) is 15.6. The molecule has 3 aromatic heterocycles. The fourth-order valence-electron chi connectivity index (χ4n) is 7.69. The summed E-state index contributed by atoms with van der Waals surface area (Å²) in [6, 6.07) is 41.5. The van der Waals surface area contributed by atoms with Crippen LogP contribution in [0.4, 0.5) is 0 Å². The number of fused-ring (bicyclic) bond motifs is 10. The van der Waals surface area contributed by atoms with Crippen molar-refractivity contribution in [1.29, 1.82) is 0 Å². The van der Waals surface area contributed by atoms with Gasteiger partial charge in [-0.2, -0.15) is 4.98 Å². The molecule has 1 aliphatic carbocycles. The van der Waals surface area contributed by atoms with Gasteiger partial charge in [-0.05, 0) is 68.1 Å². The molecule has 0 unspecified atom stereocenters. The zero-order valence-electron chi connectivity index (χ0n) is 25.4. The fourth-order valence-corrected chi connectivity index (χ4v) is 7.69. The molecule has 0 amide bonds. The largest absolute Gasteiger partial charge is 0.278 e. The van der Waals surface area contributed by atoms with Crippen LogP contribution >= 0.6 is 0 Å². The maximum absolute atomic E-state index is 5.35. The Labute approximate surface area is 264 Å². The van der Waals surface area contributed by atoms with Crippen molar-refractivity contribution in [2.24, 2.45) is 0 Å². The quantitative estimate of drug-likeness (QED) is 0.201. The van der Waals surface area contributed by atoms with E-state index in [9.17, 15) is 0 Å². The van der Waals surface area contributed by atoms with Crippen molar-refractivity contribution in [3.05, 3.63) is 139 Å². The van der Waals surface area contributed by atoms with E-state index in [2.05, 4.69) is 134 Å². The van der Waals surface area contributed by atoms with Crippen LogP contribution in [0.3, 0.4) is 0 Å². The summed E-state index contributed by atoms with van der Waals surface area (Å²) in [5.41, 5.74) is 10.2. The Bertz CT molecular complexity index is 2740. The molecule has 9 aromatic rings. The molecule has 1 aliphatic rings. The summed E-state index contributed by atoms with van der Waals surface area (Å²) in [6.45, 7) is 4.61. The van der Waals surface area contributed by atoms with E-state index >= 15 is 0 Å². The predicted octanol–water partition coefficient (Wildman–Crippen LogP) is 9.80. The number of hydrogen-bond donors (Lipinski definition) is 0. The van der Waals surface area contributed by atoms with E-state index in [-0.39, 0.29) is 5.41 Å². The molecule has 0 bridgehead atoms. The van der Waals surface area contributed by atoms with Crippen molar-refractivity contribution < 1.29 is 0 Å². The summed E-state index contributed by atoms with van der Waals surface area (Å²) in [5, 5.41) is 7.15. The van der Waals surface area contributed by atoms with Crippen molar-refractivity contribution in [2.45, 2.75) is 19.3 Å². The van der Waals surface area contributed by atoms with E-state index in [1.54, 1.807) is 12.4 Å². The molecule has 0 radical (unpaired) electrons. The lowest BCUT2D eigenvalue weighted by molar-refractivity contribution is 0.660. The molecule has 0 saturated heterocycles. The molecule has 3 heterocycles. The first kappa shape index (κ1) is 25.4. The van der Waals surface area contributed by atoms with Crippen molar-refractivity contribution in [3.63, 3.8) is 0 Å². The lowest BCUT2D eigenvalue weighted by atomic mass is 9.82. The van der Waals surface area contributed by atoms with Crippen LogP contribution in [0.25, 0.3) is 82.8 Å². The summed E-state index contributed by atoms with van der Waals surface area (Å²) in [4.78, 5) is 19.9. The van der Waals surface area contributed by atoms with Crippen LogP contribution in [0.1, 0.15) is 25.0 Å². The topological polar surface area (TPSA) is 56.5 Å². The fraction of sp³-hybridized carbons (Fsp3) is 0.0732. The third-order valence-electron chi connectivity index (χ3n) is 9.90. The van der Waals surface area contributed by atoms with Gasteiger partial charge in [0.25, 0.3) is 0 Å². The molecule has 216 valence electrons. The van der Waals surface area contributed by atoms with Gasteiger partial charge in [0.2, 0.25) is 5.95 Å². The third-order valence-corrected chi connectivity index (χ3v) is 9.90. The molecule has 0 fully saturated rings. The van der Waals surface area contributed by atoms with Gasteiger partial charge in [-0.15, -0.1) is 0 Å². The molecule has 0 N–H and O–H groups in total. The summed E-state index contributed by atoms with van der Waals surface area (Å²) in [5.74, 6) is 0.580. The van der Waals surface area contributed by atoms with Crippen LogP contribution in [0, 0.1) is 0 Å². The van der Waals surface area contributed by atoms with Crippen LogP contribution in [0.15, 0.2) is 128 Å². The van der Waals surface area contributed by atoms with Gasteiger partial charge in [0, 0.05) is 34.1 Å². The monoisotopic (exact) mass is 589 g/mol. The van der Waals surface area contributed by atoms with Crippen LogP contribution in [-0.4, -0.2) is 24.5 Å². The van der Waals surface area contributed by atoms with Gasteiger partial charge >= 0.3 is 0 Å². The Balaban J connectivity index is 1.29. The smallest absolute Gasteiger partial charge is 0.237 e. The first-order chi connectivity index (χ1) is 22.6. The van der Waals surface area contributed by atoms with E-state index in [0.29, 0.717) is 17.1 Å². The number of aromatic nitrogens is 5. The molecule has 0 aliphatic heterocycles. The third kappa shape index (κ3) is 3.40. The van der Waals surface area contributed by atoms with Gasteiger partial charge in [0.15, 0.2) is 5.65 Å². The molecule has 0 saturated carbocycles. The van der Waals surface area contributed by atoms with Gasteiger partial charge in [0.1, 0.15) is 11.2 Å². The van der Waals surface area contributed by atoms with Crippen molar-refractivity contribution >= 4 is 54.5 Å². The summed E-state index contributed by atoms with van der Waals surface area (Å²) in [7, 11) is 0. The Hall–Kier alpha value is -5.94. The summed E-state index contributed by atoms with van der Waals surface area (Å²) < 4.78 is 2.20. The Morgan fingerprint density at radius 2 is 1.30 bits per heavy atom. The average molecular weight is 590 g/mol. The van der Waals surface area contributed by atoms with Crippen LogP contribution in [0.5, 0.6) is 0 Å². The predicted molar refractivity (Wildman–Crippen MR) is 187 cm³/mol. The van der Waals surface area contributed by atoms with Crippen molar-refractivity contribution in [1.82, 2.24) is 24.5 Å². The Kier molecular flexibility index (Phi) is 5.00. The SMILES string of the molecule is CC1(C)c2ccccc2-c2ccc(-c3nc(-n4c5cc6ccccc6cc5c5c6ccccc6ccc54)nc4nccnc34)cc21. The highest BCUT2D eigenvalue weighted by Crippen LogP contribution is 2.49. The molecule has 5 heteroatoms. The molecular formula is C41H27N5. The minimum atomic E-state index is -0.131. The van der Waals surface area contributed by atoms with E-state index in [0.717, 1.165) is 22.3 Å². The second-order valence-electron chi connectivity index (χ2n) is 12.8. The zero-order chi connectivity index (χ0) is 30.6. The van der Waals surface area contributed by atoms with Gasteiger partial charge in [0.05, 0.1) is 11.0 Å². The van der Waals surface area contributed by atoms with E-state index < -0.39 is 0 Å². The van der Waals surface area contributed by atoms with Crippen LogP contribution < -0.4 is 0 Å². The zero-order valence-corrected chi connectivity index (χ0v) is 25.4. The highest BCUT2D eigenvalue weighted by Gasteiger charge is 2.35. The van der Waals surface area contributed by atoms with Crippen molar-refractivity contribution in [2.75, 3.05) is 0 Å². The van der Waals surface area contributed by atoms with Gasteiger partial charge in [-0.3, -0.25) is 4.57 Å². The molecule has 6 aromatic carbocycles.